The summed E-state index contributed by atoms with van der Waals surface area (Å²) < 4.78 is 30.7. The zero-order valence-electron chi connectivity index (χ0n) is 11.3. The third-order valence-electron chi connectivity index (χ3n) is 1.76. The molecule has 0 saturated carbocycles. The van der Waals surface area contributed by atoms with E-state index in [-0.39, 0.29) is 12.7 Å². The summed E-state index contributed by atoms with van der Waals surface area (Å²) in [7, 11) is 0. The summed E-state index contributed by atoms with van der Waals surface area (Å²) in [5, 5.41) is 2.42. The molecule has 0 fully saturated rings. The molecule has 0 spiro atoms. The van der Waals surface area contributed by atoms with Gasteiger partial charge < -0.3 is 10.1 Å². The minimum atomic E-state index is -0.675. The first-order valence-electron chi connectivity index (χ1n) is 5.59. The van der Waals surface area contributed by atoms with E-state index in [0.717, 1.165) is 18.2 Å². The summed E-state index contributed by atoms with van der Waals surface area (Å²) in [6, 6.07) is 3.08. The van der Waals surface area contributed by atoms with E-state index in [1.165, 1.54) is 0 Å². The number of hydrogen-bond donors (Lipinski definition) is 1. The Hall–Kier alpha value is -2.27. The molecule has 0 aliphatic rings. The van der Waals surface area contributed by atoms with Crippen LogP contribution in [0.15, 0.2) is 18.2 Å². The molecule has 0 atom stereocenters. The summed E-state index contributed by atoms with van der Waals surface area (Å²) in [6.07, 6.45) is -0.373. The Morgan fingerprint density at radius 1 is 1.20 bits per heavy atom. The number of amides is 1. The minimum Gasteiger partial charge on any atom is -0.444 e. The fourth-order valence-corrected chi connectivity index (χ4v) is 1.20. The highest BCUT2D eigenvalue weighted by molar-refractivity contribution is 5.67. The van der Waals surface area contributed by atoms with Crippen LogP contribution in [0.2, 0.25) is 0 Å². The molecule has 20 heavy (non-hydrogen) atoms. The standard InChI is InChI=1S/C12H15F2NO2.CO2/c1-12(2,3)17-11(16)15-7-8-4-9(13)6-10(14)5-8;2-1-3/h4-6H,7H2,1-3H3,(H,15,16);. The molecule has 0 heterocycles. The zero-order valence-corrected chi connectivity index (χ0v) is 11.3. The highest BCUT2D eigenvalue weighted by Gasteiger charge is 2.15. The first-order chi connectivity index (χ1) is 9.17. The minimum absolute atomic E-state index is 0.0175. The van der Waals surface area contributed by atoms with Crippen LogP contribution in [-0.4, -0.2) is 17.8 Å². The van der Waals surface area contributed by atoms with Gasteiger partial charge in [-0.2, -0.15) is 9.59 Å². The van der Waals surface area contributed by atoms with Crippen LogP contribution in [0.3, 0.4) is 0 Å². The number of alkyl carbamates (subject to hydrolysis) is 1. The molecule has 0 aliphatic carbocycles. The number of hydrogen-bond acceptors (Lipinski definition) is 4. The lowest BCUT2D eigenvalue weighted by Crippen LogP contribution is -2.32. The second-order valence-electron chi connectivity index (χ2n) is 4.72. The predicted octanol–water partition coefficient (Wildman–Crippen LogP) is 2.41. The van der Waals surface area contributed by atoms with Crippen molar-refractivity contribution in [2.24, 2.45) is 0 Å². The molecular weight excluding hydrogens is 272 g/mol. The van der Waals surface area contributed by atoms with Gasteiger partial charge in [-0.05, 0) is 38.5 Å². The average Bonchev–Trinajstić information content (AvgIpc) is 2.24. The molecule has 1 aromatic carbocycles. The van der Waals surface area contributed by atoms with Crippen LogP contribution in [0.25, 0.3) is 0 Å². The van der Waals surface area contributed by atoms with Crippen molar-refractivity contribution >= 4 is 12.2 Å². The SMILES string of the molecule is CC(C)(C)OC(=O)NCc1cc(F)cc(F)c1.O=C=O. The number of halogens is 2. The molecule has 1 aromatic rings. The summed E-state index contributed by atoms with van der Waals surface area (Å²) >= 11 is 0. The fourth-order valence-electron chi connectivity index (χ4n) is 1.20. The van der Waals surface area contributed by atoms with Gasteiger partial charge in [-0.25, -0.2) is 13.6 Å². The summed E-state index contributed by atoms with van der Waals surface area (Å²) in [5.41, 5.74) is -0.259. The topological polar surface area (TPSA) is 72.5 Å². The number of nitrogens with one attached hydrogen (secondary N) is 1. The summed E-state index contributed by atoms with van der Waals surface area (Å²) in [6.45, 7) is 5.21. The molecule has 0 bridgehead atoms. The first-order valence-corrected chi connectivity index (χ1v) is 5.59. The van der Waals surface area contributed by atoms with Crippen LogP contribution >= 0.6 is 0 Å². The van der Waals surface area contributed by atoms with E-state index >= 15 is 0 Å². The Balaban J connectivity index is 0.00000110. The van der Waals surface area contributed by atoms with E-state index in [9.17, 15) is 13.6 Å². The van der Waals surface area contributed by atoms with Crippen molar-refractivity contribution in [2.45, 2.75) is 32.9 Å². The normalized spacial score (nSPS) is 9.85. The lowest BCUT2D eigenvalue weighted by atomic mass is 10.2. The monoisotopic (exact) mass is 287 g/mol. The molecule has 1 rings (SSSR count). The van der Waals surface area contributed by atoms with Crippen molar-refractivity contribution in [1.29, 1.82) is 0 Å². The van der Waals surface area contributed by atoms with Crippen molar-refractivity contribution in [1.82, 2.24) is 5.32 Å². The highest BCUT2D eigenvalue weighted by atomic mass is 19.1. The number of rotatable bonds is 2. The molecule has 0 saturated heterocycles. The third-order valence-corrected chi connectivity index (χ3v) is 1.76. The van der Waals surface area contributed by atoms with Crippen LogP contribution in [0.1, 0.15) is 26.3 Å². The van der Waals surface area contributed by atoms with Gasteiger partial charge in [-0.15, -0.1) is 0 Å². The van der Waals surface area contributed by atoms with Crippen molar-refractivity contribution in [3.63, 3.8) is 0 Å². The van der Waals surface area contributed by atoms with Gasteiger partial charge in [0, 0.05) is 12.6 Å². The van der Waals surface area contributed by atoms with Crippen LogP contribution in [0, 0.1) is 11.6 Å². The van der Waals surface area contributed by atoms with Gasteiger partial charge in [-0.3, -0.25) is 0 Å². The number of benzene rings is 1. The molecule has 110 valence electrons. The Kier molecular flexibility index (Phi) is 7.10. The van der Waals surface area contributed by atoms with Crippen molar-refractivity contribution < 1.29 is 27.9 Å². The molecule has 1 N–H and O–H groups in total. The first kappa shape index (κ1) is 17.7. The molecule has 0 unspecified atom stereocenters. The number of carbonyl (C=O) groups is 1. The Morgan fingerprint density at radius 3 is 2.05 bits per heavy atom. The van der Waals surface area contributed by atoms with Crippen molar-refractivity contribution in [3.05, 3.63) is 35.4 Å². The van der Waals surface area contributed by atoms with Crippen molar-refractivity contribution in [2.75, 3.05) is 0 Å². The Morgan fingerprint density at radius 2 is 1.65 bits per heavy atom. The van der Waals surface area contributed by atoms with Gasteiger partial charge in [0.2, 0.25) is 0 Å². The third kappa shape index (κ3) is 8.77. The molecule has 0 aliphatic heterocycles. The quantitative estimate of drug-likeness (QED) is 0.906. The van der Waals surface area contributed by atoms with Gasteiger partial charge in [0.25, 0.3) is 0 Å². The van der Waals surface area contributed by atoms with E-state index in [0.29, 0.717) is 5.56 Å². The fraction of sp³-hybridized carbons (Fsp3) is 0.385. The average molecular weight is 287 g/mol. The maximum atomic E-state index is 12.8. The Bertz CT molecular complexity index is 471. The van der Waals surface area contributed by atoms with E-state index in [1.807, 2.05) is 0 Å². The molecule has 5 nitrogen and oxygen atoms in total. The van der Waals surface area contributed by atoms with Crippen LogP contribution in [0.5, 0.6) is 0 Å². The smallest absolute Gasteiger partial charge is 0.407 e. The van der Waals surface area contributed by atoms with Crippen LogP contribution in [0.4, 0.5) is 13.6 Å². The van der Waals surface area contributed by atoms with E-state index < -0.39 is 23.3 Å². The highest BCUT2D eigenvalue weighted by Crippen LogP contribution is 2.09. The van der Waals surface area contributed by atoms with Gasteiger partial charge in [-0.1, -0.05) is 0 Å². The van der Waals surface area contributed by atoms with Gasteiger partial charge >= 0.3 is 12.2 Å². The number of carbonyl (C=O) groups excluding carboxylic acids is 3. The lowest BCUT2D eigenvalue weighted by molar-refractivity contribution is -0.191. The van der Waals surface area contributed by atoms with Crippen LogP contribution < -0.4 is 5.32 Å². The van der Waals surface area contributed by atoms with E-state index in [1.54, 1.807) is 20.8 Å². The largest absolute Gasteiger partial charge is 0.444 e. The van der Waals surface area contributed by atoms with Crippen molar-refractivity contribution in [3.8, 4) is 0 Å². The van der Waals surface area contributed by atoms with E-state index in [4.69, 9.17) is 14.3 Å². The van der Waals surface area contributed by atoms with E-state index in [2.05, 4.69) is 5.32 Å². The zero-order chi connectivity index (χ0) is 15.8. The molecule has 0 radical (unpaired) electrons. The molecule has 7 heteroatoms. The second kappa shape index (κ2) is 8.01. The maximum absolute atomic E-state index is 12.8. The van der Waals surface area contributed by atoms with Gasteiger partial charge in [0.1, 0.15) is 17.2 Å². The summed E-state index contributed by atoms with van der Waals surface area (Å²) in [5.74, 6) is -1.35. The second-order valence-corrected chi connectivity index (χ2v) is 4.72. The van der Waals surface area contributed by atoms with Gasteiger partial charge in [0.15, 0.2) is 0 Å². The summed E-state index contributed by atoms with van der Waals surface area (Å²) in [4.78, 5) is 27.5. The lowest BCUT2D eigenvalue weighted by Gasteiger charge is -2.19. The number of ether oxygens (including phenoxy) is 1. The van der Waals surface area contributed by atoms with Gasteiger partial charge in [0.05, 0.1) is 0 Å². The predicted molar refractivity (Wildman–Crippen MR) is 64.4 cm³/mol. The molecular formula is C13H15F2NO4. The Labute approximate surface area is 114 Å². The molecule has 1 amide bonds. The maximum Gasteiger partial charge on any atom is 0.407 e. The van der Waals surface area contributed by atoms with Crippen LogP contribution in [-0.2, 0) is 20.9 Å². The molecule has 0 aromatic heterocycles.